The van der Waals surface area contributed by atoms with Gasteiger partial charge in [-0.2, -0.15) is 0 Å². The number of hydrazine groups is 1. The van der Waals surface area contributed by atoms with Crippen molar-refractivity contribution < 1.29 is 23.9 Å². The summed E-state index contributed by atoms with van der Waals surface area (Å²) in [6.07, 6.45) is -0.843. The van der Waals surface area contributed by atoms with Crippen LogP contribution >= 0.6 is 0 Å². The molecule has 1 unspecified atom stereocenters. The van der Waals surface area contributed by atoms with Crippen LogP contribution < -0.4 is 20.3 Å². The minimum atomic E-state index is -0.868. The molecule has 2 N–H and O–H groups in total. The lowest BCUT2D eigenvalue weighted by atomic mass is 10.0. The smallest absolute Gasteiger partial charge is 0.283 e. The molecule has 28 heavy (non-hydrogen) atoms. The van der Waals surface area contributed by atoms with Gasteiger partial charge in [-0.15, -0.1) is 0 Å². The first kappa shape index (κ1) is 19.4. The highest BCUT2D eigenvalue weighted by Crippen LogP contribution is 2.30. The lowest BCUT2D eigenvalue weighted by Gasteiger charge is -2.25. The molecule has 0 bridgehead atoms. The molecule has 0 radical (unpaired) electrons. The number of Topliss-reactive ketones (excluding diaryl/α,β-unsaturated/α-hetero) is 1. The van der Waals surface area contributed by atoms with Crippen molar-refractivity contribution in [1.29, 1.82) is 0 Å². The van der Waals surface area contributed by atoms with Crippen LogP contribution in [0.5, 0.6) is 11.5 Å². The van der Waals surface area contributed by atoms with Crippen molar-refractivity contribution in [2.75, 3.05) is 6.61 Å². The Morgan fingerprint density at radius 2 is 1.71 bits per heavy atom. The van der Waals surface area contributed by atoms with Gasteiger partial charge in [0.1, 0.15) is 6.61 Å². The Bertz CT molecular complexity index is 909. The summed E-state index contributed by atoms with van der Waals surface area (Å²) in [5.74, 6) is -0.0594. The number of ether oxygens (including phenoxy) is 2. The lowest BCUT2D eigenvalue weighted by molar-refractivity contribution is -0.135. The molecule has 0 saturated carbocycles. The van der Waals surface area contributed by atoms with Gasteiger partial charge >= 0.3 is 0 Å². The number of para-hydroxylation sites is 2. The summed E-state index contributed by atoms with van der Waals surface area (Å²) in [6, 6.07) is 12.5. The Kier molecular flexibility index (Phi) is 5.93. The van der Waals surface area contributed by atoms with Crippen molar-refractivity contribution in [3.63, 3.8) is 0 Å². The number of aryl methyl sites for hydroxylation is 2. The number of fused-ring (bicyclic) bond motifs is 1. The Hall–Kier alpha value is -3.35. The van der Waals surface area contributed by atoms with E-state index in [2.05, 4.69) is 10.9 Å². The van der Waals surface area contributed by atoms with Gasteiger partial charge in [0, 0.05) is 18.4 Å². The van der Waals surface area contributed by atoms with Gasteiger partial charge in [-0.25, -0.2) is 0 Å². The summed E-state index contributed by atoms with van der Waals surface area (Å²) in [5.41, 5.74) is 7.32. The van der Waals surface area contributed by atoms with Crippen LogP contribution in [0.25, 0.3) is 0 Å². The van der Waals surface area contributed by atoms with E-state index >= 15 is 0 Å². The van der Waals surface area contributed by atoms with Crippen molar-refractivity contribution >= 4 is 17.6 Å². The summed E-state index contributed by atoms with van der Waals surface area (Å²) < 4.78 is 11.0. The fourth-order valence-electron chi connectivity index (χ4n) is 2.71. The molecule has 0 fully saturated rings. The molecule has 2 aromatic rings. The minimum absolute atomic E-state index is 0.0309. The summed E-state index contributed by atoms with van der Waals surface area (Å²) in [7, 11) is 0. The van der Waals surface area contributed by atoms with E-state index in [9.17, 15) is 14.4 Å². The molecular formula is C21H22N2O5. The Morgan fingerprint density at radius 1 is 0.964 bits per heavy atom. The van der Waals surface area contributed by atoms with Crippen molar-refractivity contribution in [2.24, 2.45) is 0 Å². The molecule has 7 nitrogen and oxygen atoms in total. The third-order valence-corrected chi connectivity index (χ3v) is 4.53. The fourth-order valence-corrected chi connectivity index (χ4v) is 2.71. The number of carbonyl (C=O) groups excluding carboxylic acids is 3. The van der Waals surface area contributed by atoms with Crippen LogP contribution in [0.2, 0.25) is 0 Å². The van der Waals surface area contributed by atoms with Crippen LogP contribution in [0.1, 0.15) is 34.3 Å². The molecule has 3 rings (SSSR count). The molecule has 0 saturated heterocycles. The molecule has 146 valence electrons. The monoisotopic (exact) mass is 382 g/mol. The zero-order chi connectivity index (χ0) is 20.1. The number of hydrogen-bond donors (Lipinski definition) is 2. The number of benzene rings is 2. The zero-order valence-corrected chi connectivity index (χ0v) is 15.8. The highest BCUT2D eigenvalue weighted by molar-refractivity contribution is 5.98. The van der Waals surface area contributed by atoms with E-state index in [-0.39, 0.29) is 25.2 Å². The van der Waals surface area contributed by atoms with Crippen LogP contribution in [-0.4, -0.2) is 30.3 Å². The number of nitrogens with one attached hydrogen (secondary N) is 2. The number of ketones is 1. The average Bonchev–Trinajstić information content (AvgIpc) is 2.71. The summed E-state index contributed by atoms with van der Waals surface area (Å²) >= 11 is 0. The van der Waals surface area contributed by atoms with Crippen LogP contribution in [-0.2, 0) is 9.59 Å². The van der Waals surface area contributed by atoms with E-state index < -0.39 is 17.9 Å². The highest BCUT2D eigenvalue weighted by Gasteiger charge is 2.27. The van der Waals surface area contributed by atoms with Gasteiger partial charge in [0.25, 0.3) is 5.91 Å². The van der Waals surface area contributed by atoms with Crippen LogP contribution in [0, 0.1) is 13.8 Å². The Morgan fingerprint density at radius 3 is 2.46 bits per heavy atom. The average molecular weight is 382 g/mol. The second-order valence-corrected chi connectivity index (χ2v) is 6.62. The normalized spacial score (nSPS) is 14.9. The molecule has 1 aliphatic rings. The van der Waals surface area contributed by atoms with E-state index in [1.807, 2.05) is 32.0 Å². The predicted octanol–water partition coefficient (Wildman–Crippen LogP) is 2.25. The molecule has 2 amide bonds. The van der Waals surface area contributed by atoms with E-state index in [4.69, 9.17) is 9.47 Å². The largest absolute Gasteiger partial charge is 0.485 e. The molecular weight excluding hydrogens is 360 g/mol. The molecule has 0 spiro atoms. The quantitative estimate of drug-likeness (QED) is 0.611. The van der Waals surface area contributed by atoms with Gasteiger partial charge in [-0.1, -0.05) is 24.3 Å². The first-order valence-electron chi connectivity index (χ1n) is 9.01. The van der Waals surface area contributed by atoms with E-state index in [1.165, 1.54) is 0 Å². The first-order valence-corrected chi connectivity index (χ1v) is 9.01. The van der Waals surface area contributed by atoms with Crippen LogP contribution in [0.15, 0.2) is 42.5 Å². The molecule has 1 aliphatic heterocycles. The van der Waals surface area contributed by atoms with E-state index in [1.54, 1.807) is 24.3 Å². The molecule has 0 aromatic heterocycles. The third kappa shape index (κ3) is 4.68. The molecule has 0 aliphatic carbocycles. The van der Waals surface area contributed by atoms with Crippen LogP contribution in [0.3, 0.4) is 0 Å². The van der Waals surface area contributed by atoms with Gasteiger partial charge in [-0.3, -0.25) is 25.2 Å². The molecule has 7 heteroatoms. The maximum Gasteiger partial charge on any atom is 0.283 e. The number of carbonyl (C=O) groups is 3. The molecule has 1 atom stereocenters. The Labute approximate surface area is 163 Å². The topological polar surface area (TPSA) is 93.7 Å². The van der Waals surface area contributed by atoms with Crippen molar-refractivity contribution in [1.82, 2.24) is 10.9 Å². The minimum Gasteiger partial charge on any atom is -0.485 e. The second-order valence-electron chi connectivity index (χ2n) is 6.62. The van der Waals surface area contributed by atoms with E-state index in [0.29, 0.717) is 17.1 Å². The fraction of sp³-hybridized carbons (Fsp3) is 0.286. The highest BCUT2D eigenvalue weighted by atomic mass is 16.6. The summed E-state index contributed by atoms with van der Waals surface area (Å²) in [4.78, 5) is 36.3. The molecule has 2 aromatic carbocycles. The standard InChI is InChI=1S/C21H22N2O5/c1-13-7-8-15(11-14(13)2)16(24)9-10-20(25)22-23-21(26)19-12-27-17-5-3-4-6-18(17)28-19/h3-8,11,19H,9-10,12H2,1-2H3,(H,22,25)(H,23,26). The van der Waals surface area contributed by atoms with Gasteiger partial charge in [0.05, 0.1) is 0 Å². The third-order valence-electron chi connectivity index (χ3n) is 4.53. The van der Waals surface area contributed by atoms with Gasteiger partial charge in [0.15, 0.2) is 17.3 Å². The second kappa shape index (κ2) is 8.56. The number of rotatable bonds is 5. The van der Waals surface area contributed by atoms with Crippen molar-refractivity contribution in [2.45, 2.75) is 32.8 Å². The Balaban J connectivity index is 1.43. The van der Waals surface area contributed by atoms with Crippen molar-refractivity contribution in [3.8, 4) is 11.5 Å². The summed E-state index contributed by atoms with van der Waals surface area (Å²) in [5, 5.41) is 0. The van der Waals surface area contributed by atoms with Crippen molar-refractivity contribution in [3.05, 3.63) is 59.2 Å². The summed E-state index contributed by atoms with van der Waals surface area (Å²) in [6.45, 7) is 3.95. The SMILES string of the molecule is Cc1ccc(C(=O)CCC(=O)NNC(=O)C2COc3ccccc3O2)cc1C. The maximum absolute atomic E-state index is 12.2. The van der Waals surface area contributed by atoms with Crippen LogP contribution in [0.4, 0.5) is 0 Å². The van der Waals surface area contributed by atoms with Gasteiger partial charge in [0.2, 0.25) is 12.0 Å². The maximum atomic E-state index is 12.2. The van der Waals surface area contributed by atoms with Gasteiger partial charge in [-0.05, 0) is 43.2 Å². The number of amides is 2. The lowest BCUT2D eigenvalue weighted by Crippen LogP contribution is -2.50. The zero-order valence-electron chi connectivity index (χ0n) is 15.8. The number of hydrogen-bond acceptors (Lipinski definition) is 5. The van der Waals surface area contributed by atoms with Gasteiger partial charge < -0.3 is 9.47 Å². The van der Waals surface area contributed by atoms with E-state index in [0.717, 1.165) is 11.1 Å². The molecule has 1 heterocycles. The first-order chi connectivity index (χ1) is 13.4. The predicted molar refractivity (Wildman–Crippen MR) is 102 cm³/mol.